The summed E-state index contributed by atoms with van der Waals surface area (Å²) in [5.74, 6) is 0. The third-order valence-electron chi connectivity index (χ3n) is 7.05. The Bertz CT molecular complexity index is 440. The van der Waals surface area contributed by atoms with Crippen LogP contribution < -0.4 is 5.32 Å². The van der Waals surface area contributed by atoms with Crippen LogP contribution in [0.25, 0.3) is 0 Å². The number of para-hydroxylation sites is 1. The smallest absolute Gasteiger partial charge is 0.0337 e. The lowest BCUT2D eigenvalue weighted by molar-refractivity contribution is 0.0221. The second-order valence-corrected chi connectivity index (χ2v) is 8.94. The van der Waals surface area contributed by atoms with Crippen LogP contribution in [0.4, 0.5) is 5.69 Å². The fraction of sp³-hybridized carbons (Fsp3) is 0.760. The fourth-order valence-electron chi connectivity index (χ4n) is 5.64. The number of rotatable bonds is 4. The van der Waals surface area contributed by atoms with Crippen molar-refractivity contribution in [2.24, 2.45) is 0 Å². The summed E-state index contributed by atoms with van der Waals surface area (Å²) < 4.78 is 0. The van der Waals surface area contributed by atoms with Crippen LogP contribution in [0.1, 0.15) is 96.3 Å². The lowest BCUT2D eigenvalue weighted by atomic mass is 9.84. The summed E-state index contributed by atoms with van der Waals surface area (Å²) in [5, 5.41) is 3.03. The first-order valence-electron chi connectivity index (χ1n) is 11.9. The Hall–Kier alpha value is -1.02. The molecule has 3 fully saturated rings. The number of anilines is 1. The van der Waals surface area contributed by atoms with Gasteiger partial charge in [0.2, 0.25) is 0 Å². The molecule has 0 radical (unpaired) electrons. The molecule has 3 saturated carbocycles. The molecule has 3 aliphatic rings. The Morgan fingerprint density at radius 2 is 0.963 bits per heavy atom. The van der Waals surface area contributed by atoms with Gasteiger partial charge in [0.25, 0.3) is 0 Å². The van der Waals surface area contributed by atoms with Crippen molar-refractivity contribution in [3.63, 3.8) is 0 Å². The van der Waals surface area contributed by atoms with Crippen LogP contribution in [0.3, 0.4) is 0 Å². The van der Waals surface area contributed by atoms with Crippen molar-refractivity contribution in [3.8, 4) is 0 Å². The van der Waals surface area contributed by atoms with E-state index in [4.69, 9.17) is 0 Å². The van der Waals surface area contributed by atoms with Crippen molar-refractivity contribution in [3.05, 3.63) is 30.3 Å². The molecular weight excluding hydrogens is 328 g/mol. The van der Waals surface area contributed by atoms with Crippen molar-refractivity contribution in [2.75, 3.05) is 12.4 Å². The Morgan fingerprint density at radius 3 is 1.26 bits per heavy atom. The predicted molar refractivity (Wildman–Crippen MR) is 118 cm³/mol. The average molecular weight is 371 g/mol. The highest BCUT2D eigenvalue weighted by Crippen LogP contribution is 2.35. The molecule has 0 amide bonds. The van der Waals surface area contributed by atoms with Crippen molar-refractivity contribution in [1.29, 1.82) is 0 Å². The van der Waals surface area contributed by atoms with Gasteiger partial charge in [0.05, 0.1) is 0 Å². The highest BCUT2D eigenvalue weighted by Gasteiger charge is 2.34. The van der Waals surface area contributed by atoms with Gasteiger partial charge in [0, 0.05) is 30.9 Å². The zero-order chi connectivity index (χ0) is 18.7. The van der Waals surface area contributed by atoms with Gasteiger partial charge >= 0.3 is 0 Å². The summed E-state index contributed by atoms with van der Waals surface area (Å²) in [6.07, 6.45) is 22.5. The van der Waals surface area contributed by atoms with Gasteiger partial charge < -0.3 is 5.32 Å². The van der Waals surface area contributed by atoms with Gasteiger partial charge in [-0.1, -0.05) is 76.0 Å². The molecule has 1 aromatic carbocycles. The molecule has 0 heterocycles. The van der Waals surface area contributed by atoms with Gasteiger partial charge in [-0.15, -0.1) is 0 Å². The third-order valence-corrected chi connectivity index (χ3v) is 7.05. The minimum Gasteiger partial charge on any atom is -0.388 e. The quantitative estimate of drug-likeness (QED) is 0.613. The lowest BCUT2D eigenvalue weighted by Gasteiger charge is -2.47. The molecule has 0 aromatic heterocycles. The maximum absolute atomic E-state index is 3.08. The lowest BCUT2D eigenvalue weighted by Crippen LogP contribution is -2.51. The van der Waals surface area contributed by atoms with Gasteiger partial charge in [-0.3, -0.25) is 4.90 Å². The molecule has 27 heavy (non-hydrogen) atoms. The molecule has 0 atom stereocenters. The number of nitrogens with one attached hydrogen (secondary N) is 1. The normalized spacial score (nSPS) is 22.9. The first-order chi connectivity index (χ1) is 13.4. The van der Waals surface area contributed by atoms with E-state index in [1.807, 2.05) is 37.4 Å². The second kappa shape index (κ2) is 11.7. The number of hydrogen-bond donors (Lipinski definition) is 1. The SMILES string of the molecule is C1CCC(N(C2CCCCC2)C2CCCCC2)CC1.CNc1ccccc1. The molecule has 0 spiro atoms. The summed E-state index contributed by atoms with van der Waals surface area (Å²) in [6.45, 7) is 0. The van der Waals surface area contributed by atoms with Crippen LogP contribution in [0.2, 0.25) is 0 Å². The molecule has 0 saturated heterocycles. The highest BCUT2D eigenvalue weighted by molar-refractivity contribution is 5.41. The molecule has 3 aliphatic carbocycles. The summed E-state index contributed by atoms with van der Waals surface area (Å²) in [5.41, 5.74) is 1.16. The molecule has 0 unspecified atom stereocenters. The van der Waals surface area contributed by atoms with E-state index in [-0.39, 0.29) is 0 Å². The van der Waals surface area contributed by atoms with Gasteiger partial charge in [-0.2, -0.15) is 0 Å². The van der Waals surface area contributed by atoms with E-state index in [2.05, 4.69) is 10.2 Å². The zero-order valence-corrected chi connectivity index (χ0v) is 17.7. The summed E-state index contributed by atoms with van der Waals surface area (Å²) >= 11 is 0. The van der Waals surface area contributed by atoms with E-state index in [0.29, 0.717) is 0 Å². The summed E-state index contributed by atoms with van der Waals surface area (Å²) in [7, 11) is 1.91. The number of benzene rings is 1. The van der Waals surface area contributed by atoms with Crippen molar-refractivity contribution in [2.45, 2.75) is 114 Å². The van der Waals surface area contributed by atoms with E-state index in [9.17, 15) is 0 Å². The van der Waals surface area contributed by atoms with Crippen LogP contribution in [-0.2, 0) is 0 Å². The first kappa shape index (κ1) is 20.7. The van der Waals surface area contributed by atoms with Crippen LogP contribution in [-0.4, -0.2) is 30.1 Å². The third kappa shape index (κ3) is 6.52. The van der Waals surface area contributed by atoms with E-state index in [0.717, 1.165) is 23.8 Å². The number of hydrogen-bond acceptors (Lipinski definition) is 2. The molecule has 2 nitrogen and oxygen atoms in total. The molecule has 1 N–H and O–H groups in total. The van der Waals surface area contributed by atoms with E-state index < -0.39 is 0 Å². The highest BCUT2D eigenvalue weighted by atomic mass is 15.2. The van der Waals surface area contributed by atoms with Crippen LogP contribution in [0, 0.1) is 0 Å². The largest absolute Gasteiger partial charge is 0.388 e. The average Bonchev–Trinajstić information content (AvgIpc) is 2.77. The predicted octanol–water partition coefficient (Wildman–Crippen LogP) is 7.01. The molecule has 2 heteroatoms. The first-order valence-corrected chi connectivity index (χ1v) is 11.9. The second-order valence-electron chi connectivity index (χ2n) is 8.94. The van der Waals surface area contributed by atoms with Crippen LogP contribution >= 0.6 is 0 Å². The maximum Gasteiger partial charge on any atom is 0.0337 e. The van der Waals surface area contributed by atoms with Crippen LogP contribution in [0.5, 0.6) is 0 Å². The molecular formula is C25H42N2. The summed E-state index contributed by atoms with van der Waals surface area (Å²) in [6, 6.07) is 12.9. The number of nitrogens with zero attached hydrogens (tertiary/aromatic N) is 1. The molecule has 1 aromatic rings. The molecule has 4 rings (SSSR count). The zero-order valence-electron chi connectivity index (χ0n) is 17.7. The Labute approximate surface area is 168 Å². The fourth-order valence-corrected chi connectivity index (χ4v) is 5.64. The monoisotopic (exact) mass is 370 g/mol. The van der Waals surface area contributed by atoms with Crippen molar-refractivity contribution in [1.82, 2.24) is 4.90 Å². The topological polar surface area (TPSA) is 15.3 Å². The Balaban J connectivity index is 0.000000221. The molecule has 0 bridgehead atoms. The van der Waals surface area contributed by atoms with Crippen molar-refractivity contribution >= 4 is 5.69 Å². The van der Waals surface area contributed by atoms with Gasteiger partial charge in [-0.25, -0.2) is 0 Å². The van der Waals surface area contributed by atoms with Crippen LogP contribution in [0.15, 0.2) is 30.3 Å². The van der Waals surface area contributed by atoms with E-state index >= 15 is 0 Å². The maximum atomic E-state index is 3.08. The molecule has 152 valence electrons. The standard InChI is InChI=1S/C18H33N.C7H9N/c1-4-10-16(11-5-1)19(17-12-6-2-7-13-17)18-14-8-3-9-15-18;1-8-7-5-3-2-4-6-7/h16-18H,1-15H2;2-6,8H,1H3. The van der Waals surface area contributed by atoms with Gasteiger partial charge in [0.1, 0.15) is 0 Å². The van der Waals surface area contributed by atoms with Crippen molar-refractivity contribution < 1.29 is 0 Å². The summed E-state index contributed by atoms with van der Waals surface area (Å²) in [4.78, 5) is 3.08. The Morgan fingerprint density at radius 1 is 0.593 bits per heavy atom. The van der Waals surface area contributed by atoms with E-state index in [1.165, 1.54) is 96.3 Å². The Kier molecular flexibility index (Phi) is 9.00. The van der Waals surface area contributed by atoms with Gasteiger partial charge in [-0.05, 0) is 50.7 Å². The minimum atomic E-state index is 0.958. The minimum absolute atomic E-state index is 0.958. The van der Waals surface area contributed by atoms with E-state index in [1.54, 1.807) is 0 Å². The molecule has 0 aliphatic heterocycles. The van der Waals surface area contributed by atoms with Gasteiger partial charge in [0.15, 0.2) is 0 Å².